The Morgan fingerprint density at radius 2 is 1.92 bits per heavy atom. The van der Waals surface area contributed by atoms with E-state index >= 15 is 0 Å². The third-order valence-electron chi connectivity index (χ3n) is 3.21. The summed E-state index contributed by atoms with van der Waals surface area (Å²) in [4.78, 5) is 12.2. The van der Waals surface area contributed by atoms with Gasteiger partial charge in [-0.25, -0.2) is 17.5 Å². The number of rotatable bonds is 4. The Morgan fingerprint density at radius 1 is 1.21 bits per heavy atom. The number of nitrogens with one attached hydrogen (secondary N) is 1. The Morgan fingerprint density at radius 3 is 2.62 bits per heavy atom. The lowest BCUT2D eigenvalue weighted by Crippen LogP contribution is -2.31. The van der Waals surface area contributed by atoms with Gasteiger partial charge in [-0.3, -0.25) is 4.79 Å². The number of sulfonamides is 1. The van der Waals surface area contributed by atoms with Gasteiger partial charge in [-0.1, -0.05) is 23.7 Å². The molecule has 3 rings (SSSR count). The molecule has 0 unspecified atom stereocenters. The zero-order valence-corrected chi connectivity index (χ0v) is 13.7. The Balaban J connectivity index is 1.76. The van der Waals surface area contributed by atoms with E-state index in [1.54, 1.807) is 0 Å². The van der Waals surface area contributed by atoms with Gasteiger partial charge in [0.05, 0.1) is 10.8 Å². The first-order valence-corrected chi connectivity index (χ1v) is 8.75. The molecule has 0 aliphatic carbocycles. The smallest absolute Gasteiger partial charge is 0.264 e. The molecule has 0 saturated carbocycles. The molecular weight excluding hydrogens is 361 g/mol. The number of hydrogen-bond donors (Lipinski definition) is 1. The minimum Gasteiger partial charge on any atom is -0.454 e. The molecule has 126 valence electrons. The number of carbonyl (C=O) groups is 1. The van der Waals surface area contributed by atoms with Crippen LogP contribution in [0.1, 0.15) is 15.9 Å². The lowest BCUT2D eigenvalue weighted by atomic mass is 10.2. The SMILES string of the molecule is O=C(NS(=O)(=O)Cc1ccc(F)cc1)c1cc(Cl)c2c(c1)OCO2. The van der Waals surface area contributed by atoms with Crippen LogP contribution in [0.15, 0.2) is 36.4 Å². The summed E-state index contributed by atoms with van der Waals surface area (Å²) in [5.74, 6) is -1.21. The quantitative estimate of drug-likeness (QED) is 0.892. The first-order chi connectivity index (χ1) is 11.3. The van der Waals surface area contributed by atoms with Crippen LogP contribution >= 0.6 is 11.6 Å². The molecule has 0 fully saturated rings. The minimum atomic E-state index is -3.96. The highest BCUT2D eigenvalue weighted by Gasteiger charge is 2.23. The molecule has 6 nitrogen and oxygen atoms in total. The number of benzene rings is 2. The lowest BCUT2D eigenvalue weighted by molar-refractivity contribution is 0.0981. The van der Waals surface area contributed by atoms with Crippen LogP contribution in [-0.2, 0) is 15.8 Å². The molecule has 0 radical (unpaired) electrons. The van der Waals surface area contributed by atoms with Crippen molar-refractivity contribution in [2.24, 2.45) is 0 Å². The van der Waals surface area contributed by atoms with E-state index in [0.29, 0.717) is 11.3 Å². The number of ether oxygens (including phenoxy) is 2. The molecule has 1 aliphatic heterocycles. The Bertz CT molecular complexity index is 899. The van der Waals surface area contributed by atoms with Crippen LogP contribution in [0.3, 0.4) is 0 Å². The maximum Gasteiger partial charge on any atom is 0.264 e. The molecule has 1 heterocycles. The molecule has 1 amide bonds. The van der Waals surface area contributed by atoms with E-state index in [2.05, 4.69) is 0 Å². The van der Waals surface area contributed by atoms with E-state index < -0.39 is 27.5 Å². The summed E-state index contributed by atoms with van der Waals surface area (Å²) < 4.78 is 49.2. The third-order valence-corrected chi connectivity index (χ3v) is 4.70. The van der Waals surface area contributed by atoms with Gasteiger partial charge in [0.25, 0.3) is 5.91 Å². The maximum absolute atomic E-state index is 12.8. The summed E-state index contributed by atoms with van der Waals surface area (Å²) in [6, 6.07) is 7.58. The molecule has 0 bridgehead atoms. The van der Waals surface area contributed by atoms with Crippen LogP contribution in [0.4, 0.5) is 4.39 Å². The van der Waals surface area contributed by atoms with Crippen molar-refractivity contribution >= 4 is 27.5 Å². The normalized spacial score (nSPS) is 12.9. The van der Waals surface area contributed by atoms with Gasteiger partial charge in [0.15, 0.2) is 11.5 Å². The second-order valence-electron chi connectivity index (χ2n) is 5.01. The third kappa shape index (κ3) is 3.60. The van der Waals surface area contributed by atoms with E-state index in [4.69, 9.17) is 21.1 Å². The number of carbonyl (C=O) groups excluding carboxylic acids is 1. The van der Waals surface area contributed by atoms with Crippen molar-refractivity contribution in [2.45, 2.75) is 5.75 Å². The zero-order valence-electron chi connectivity index (χ0n) is 12.1. The average Bonchev–Trinajstić information content (AvgIpc) is 2.98. The number of hydrogen-bond acceptors (Lipinski definition) is 5. The van der Waals surface area contributed by atoms with Crippen molar-refractivity contribution < 1.29 is 27.1 Å². The number of amides is 1. The van der Waals surface area contributed by atoms with Gasteiger partial charge in [0.1, 0.15) is 5.82 Å². The standard InChI is InChI=1S/C15H11ClFNO5S/c16-12-5-10(6-13-14(12)23-8-22-13)15(19)18-24(20,21)7-9-1-3-11(17)4-2-9/h1-6H,7-8H2,(H,18,19). The van der Waals surface area contributed by atoms with Gasteiger partial charge in [0, 0.05) is 5.56 Å². The summed E-state index contributed by atoms with van der Waals surface area (Å²) in [7, 11) is -3.96. The molecule has 2 aromatic rings. The summed E-state index contributed by atoms with van der Waals surface area (Å²) in [5.41, 5.74) is 0.368. The monoisotopic (exact) mass is 371 g/mol. The molecule has 0 atom stereocenters. The van der Waals surface area contributed by atoms with Crippen molar-refractivity contribution in [2.75, 3.05) is 6.79 Å². The van der Waals surface area contributed by atoms with E-state index in [-0.39, 0.29) is 23.1 Å². The minimum absolute atomic E-state index is 0.0203. The van der Waals surface area contributed by atoms with Crippen LogP contribution < -0.4 is 14.2 Å². The van der Waals surface area contributed by atoms with Crippen molar-refractivity contribution in [1.82, 2.24) is 4.72 Å². The zero-order chi connectivity index (χ0) is 17.3. The fourth-order valence-corrected chi connectivity index (χ4v) is 3.50. The molecular formula is C15H11ClFNO5S. The van der Waals surface area contributed by atoms with E-state index in [0.717, 1.165) is 12.1 Å². The summed E-state index contributed by atoms with van der Waals surface area (Å²) in [5, 5.41) is 0.145. The van der Waals surface area contributed by atoms with Crippen LogP contribution in [-0.4, -0.2) is 21.1 Å². The van der Waals surface area contributed by atoms with E-state index in [1.165, 1.54) is 24.3 Å². The summed E-state index contributed by atoms with van der Waals surface area (Å²) >= 11 is 5.96. The van der Waals surface area contributed by atoms with Crippen LogP contribution in [0.2, 0.25) is 5.02 Å². The van der Waals surface area contributed by atoms with Crippen LogP contribution in [0.5, 0.6) is 11.5 Å². The predicted octanol–water partition coefficient (Wildman–Crippen LogP) is 2.47. The second kappa shape index (κ2) is 6.29. The van der Waals surface area contributed by atoms with Gasteiger partial charge >= 0.3 is 0 Å². The maximum atomic E-state index is 12.8. The fraction of sp³-hybridized carbons (Fsp3) is 0.133. The molecule has 9 heteroatoms. The van der Waals surface area contributed by atoms with Crippen molar-refractivity contribution in [3.05, 3.63) is 58.4 Å². The van der Waals surface area contributed by atoms with E-state index in [1.807, 2.05) is 4.72 Å². The first-order valence-electron chi connectivity index (χ1n) is 6.72. The Kier molecular flexibility index (Phi) is 4.33. The van der Waals surface area contributed by atoms with Crippen molar-refractivity contribution in [3.63, 3.8) is 0 Å². The average molecular weight is 372 g/mol. The molecule has 0 spiro atoms. The van der Waals surface area contributed by atoms with Gasteiger partial charge in [-0.15, -0.1) is 0 Å². The molecule has 0 saturated heterocycles. The second-order valence-corrected chi connectivity index (χ2v) is 7.14. The number of fused-ring (bicyclic) bond motifs is 1. The molecule has 2 aromatic carbocycles. The predicted molar refractivity (Wildman–Crippen MR) is 84.1 cm³/mol. The largest absolute Gasteiger partial charge is 0.454 e. The van der Waals surface area contributed by atoms with Crippen molar-refractivity contribution in [1.29, 1.82) is 0 Å². The topological polar surface area (TPSA) is 81.7 Å². The first kappa shape index (κ1) is 16.5. The van der Waals surface area contributed by atoms with Gasteiger partial charge in [-0.2, -0.15) is 0 Å². The Hall–Kier alpha value is -2.32. The summed E-state index contributed by atoms with van der Waals surface area (Å²) in [6.45, 7) is -0.0248. The summed E-state index contributed by atoms with van der Waals surface area (Å²) in [6.07, 6.45) is 0. The molecule has 1 aliphatic rings. The lowest BCUT2D eigenvalue weighted by Gasteiger charge is -2.08. The van der Waals surface area contributed by atoms with Crippen molar-refractivity contribution in [3.8, 4) is 11.5 Å². The van der Waals surface area contributed by atoms with Crippen LogP contribution in [0, 0.1) is 5.82 Å². The van der Waals surface area contributed by atoms with Gasteiger partial charge in [0.2, 0.25) is 16.8 Å². The fourth-order valence-electron chi connectivity index (χ4n) is 2.13. The molecule has 24 heavy (non-hydrogen) atoms. The highest BCUT2D eigenvalue weighted by Crippen LogP contribution is 2.39. The number of halogens is 2. The highest BCUT2D eigenvalue weighted by molar-refractivity contribution is 7.89. The van der Waals surface area contributed by atoms with E-state index in [9.17, 15) is 17.6 Å². The Labute approximate surface area is 142 Å². The highest BCUT2D eigenvalue weighted by atomic mass is 35.5. The molecule has 1 N–H and O–H groups in total. The van der Waals surface area contributed by atoms with Gasteiger partial charge in [-0.05, 0) is 29.8 Å². The van der Waals surface area contributed by atoms with Gasteiger partial charge < -0.3 is 9.47 Å². The molecule has 0 aromatic heterocycles. The van der Waals surface area contributed by atoms with Crippen LogP contribution in [0.25, 0.3) is 0 Å².